The van der Waals surface area contributed by atoms with Crippen molar-refractivity contribution in [2.75, 3.05) is 0 Å². The van der Waals surface area contributed by atoms with Gasteiger partial charge in [0.2, 0.25) is 0 Å². The third-order valence-electron chi connectivity index (χ3n) is 0. The van der Waals surface area contributed by atoms with Gasteiger partial charge < -0.3 is 4.79 Å². The van der Waals surface area contributed by atoms with Gasteiger partial charge in [0.1, 0.15) is 5.78 Å². The van der Waals surface area contributed by atoms with Crippen molar-refractivity contribution in [2.24, 2.45) is 0 Å². The van der Waals surface area contributed by atoms with Gasteiger partial charge >= 0.3 is 18.9 Å². The number of hydrogen-bond acceptors (Lipinski definition) is 1. The summed E-state index contributed by atoms with van der Waals surface area (Å²) < 4.78 is 0. The van der Waals surface area contributed by atoms with Gasteiger partial charge in [0, 0.05) is 22.4 Å². The molecular formula is C3H7LiNbO. The van der Waals surface area contributed by atoms with Crippen molar-refractivity contribution in [3.8, 4) is 0 Å². The van der Waals surface area contributed by atoms with Crippen LogP contribution in [0.4, 0.5) is 0 Å². The fraction of sp³-hybridized carbons (Fsp3) is 0.667. The predicted molar refractivity (Wildman–Crippen MR) is 23.5 cm³/mol. The first-order valence-electron chi connectivity index (χ1n) is 1.20. The van der Waals surface area contributed by atoms with E-state index in [2.05, 4.69) is 0 Å². The van der Waals surface area contributed by atoms with Crippen LogP contribution < -0.4 is 0 Å². The van der Waals surface area contributed by atoms with E-state index < -0.39 is 0 Å². The van der Waals surface area contributed by atoms with Crippen molar-refractivity contribution < 1.29 is 27.2 Å². The average molecular weight is 159 g/mol. The molecule has 0 aliphatic rings. The van der Waals surface area contributed by atoms with Gasteiger partial charge in [0.05, 0.1) is 0 Å². The minimum atomic E-state index is 0. The van der Waals surface area contributed by atoms with Crippen LogP contribution in [0.15, 0.2) is 0 Å². The summed E-state index contributed by atoms with van der Waals surface area (Å²) in [7, 11) is 0. The van der Waals surface area contributed by atoms with E-state index in [1.807, 2.05) is 0 Å². The molecule has 0 bridgehead atoms. The number of carbonyl (C=O) groups is 1. The van der Waals surface area contributed by atoms with E-state index in [0.29, 0.717) is 0 Å². The molecular weight excluding hydrogens is 152 g/mol. The van der Waals surface area contributed by atoms with E-state index in [-0.39, 0.29) is 47.0 Å². The van der Waals surface area contributed by atoms with Crippen molar-refractivity contribution in [1.82, 2.24) is 0 Å². The van der Waals surface area contributed by atoms with E-state index in [9.17, 15) is 4.79 Å². The molecule has 0 fully saturated rings. The molecule has 0 aromatic carbocycles. The Kier molecular flexibility index (Phi) is 24.6. The molecule has 0 heterocycles. The number of ketones is 1. The molecule has 0 aromatic heterocycles. The van der Waals surface area contributed by atoms with Crippen LogP contribution in [-0.4, -0.2) is 24.6 Å². The van der Waals surface area contributed by atoms with Crippen molar-refractivity contribution >= 4 is 24.6 Å². The van der Waals surface area contributed by atoms with Crippen LogP contribution in [-0.2, 0) is 27.2 Å². The first-order valence-corrected chi connectivity index (χ1v) is 1.20. The largest absolute Gasteiger partial charge is 0 e. The minimum absolute atomic E-state index is 0. The van der Waals surface area contributed by atoms with Crippen molar-refractivity contribution in [3.63, 3.8) is 0 Å². The third-order valence-corrected chi connectivity index (χ3v) is 0. The zero-order valence-corrected chi connectivity index (χ0v) is 5.55. The molecule has 0 aliphatic carbocycles. The van der Waals surface area contributed by atoms with Gasteiger partial charge in [0.15, 0.2) is 0 Å². The average Bonchev–Trinajstić information content (AvgIpc) is 0.811. The Morgan fingerprint density at radius 1 is 1.33 bits per heavy atom. The minimum Gasteiger partial charge on any atom is 0 e. The van der Waals surface area contributed by atoms with Crippen LogP contribution in [0, 0.1) is 0 Å². The zero-order valence-electron chi connectivity index (χ0n) is 3.36. The standard InChI is InChI=1S/C3H6O.Li.Nb.H/c1-3(2)4;;;/h1-2H3;;;. The van der Waals surface area contributed by atoms with Gasteiger partial charge in [-0.15, -0.1) is 0 Å². The maximum atomic E-state index is 9.44. The Labute approximate surface area is 65.6 Å². The summed E-state index contributed by atoms with van der Waals surface area (Å²) in [5, 5.41) is 0. The molecule has 0 atom stereocenters. The number of hydrogen-bond donors (Lipinski definition) is 0. The molecule has 0 aliphatic heterocycles. The fourth-order valence-corrected chi connectivity index (χ4v) is 0. The molecule has 0 aromatic rings. The fourth-order valence-electron chi connectivity index (χ4n) is 0. The molecule has 0 amide bonds. The quantitative estimate of drug-likeness (QED) is 0.452. The molecule has 0 saturated carbocycles. The summed E-state index contributed by atoms with van der Waals surface area (Å²) in [5.41, 5.74) is 0. The summed E-state index contributed by atoms with van der Waals surface area (Å²) in [6, 6.07) is 0. The molecule has 31 valence electrons. The smallest absolute Gasteiger partial charge is 0 e. The van der Waals surface area contributed by atoms with E-state index >= 15 is 0 Å². The molecule has 0 saturated heterocycles. The Bertz CT molecular complexity index is 33.8. The molecule has 3 heteroatoms. The predicted octanol–water partition coefficient (Wildman–Crippen LogP) is -0.0557. The van der Waals surface area contributed by atoms with Gasteiger partial charge in [-0.05, 0) is 13.8 Å². The first-order chi connectivity index (χ1) is 1.73. The van der Waals surface area contributed by atoms with Gasteiger partial charge in [0.25, 0.3) is 0 Å². The summed E-state index contributed by atoms with van der Waals surface area (Å²) in [6.07, 6.45) is 0. The molecule has 0 unspecified atom stereocenters. The topological polar surface area (TPSA) is 17.1 Å². The Balaban J connectivity index is -0.0000000450. The summed E-state index contributed by atoms with van der Waals surface area (Å²) >= 11 is 0. The van der Waals surface area contributed by atoms with Gasteiger partial charge in [-0.1, -0.05) is 0 Å². The van der Waals surface area contributed by atoms with Crippen LogP contribution in [0.2, 0.25) is 0 Å². The monoisotopic (exact) mass is 159 g/mol. The second kappa shape index (κ2) is 9.38. The van der Waals surface area contributed by atoms with E-state index in [4.69, 9.17) is 0 Å². The molecule has 0 rings (SSSR count). The Morgan fingerprint density at radius 2 is 1.33 bits per heavy atom. The Hall–Kier alpha value is 1.01. The third kappa shape index (κ3) is 79.2. The van der Waals surface area contributed by atoms with E-state index in [0.717, 1.165) is 0 Å². The SMILES string of the molecule is CC(C)=O.[LiH].[Nb]. The summed E-state index contributed by atoms with van der Waals surface area (Å²) in [6.45, 7) is 3.06. The first kappa shape index (κ1) is 15.7. The number of rotatable bonds is 0. The van der Waals surface area contributed by atoms with Crippen molar-refractivity contribution in [3.05, 3.63) is 0 Å². The molecule has 1 radical (unpaired) electrons. The van der Waals surface area contributed by atoms with Gasteiger partial charge in [-0.25, -0.2) is 0 Å². The maximum Gasteiger partial charge on any atom is 0 e. The van der Waals surface area contributed by atoms with Crippen LogP contribution in [0.5, 0.6) is 0 Å². The van der Waals surface area contributed by atoms with Crippen molar-refractivity contribution in [2.45, 2.75) is 13.8 Å². The van der Waals surface area contributed by atoms with E-state index in [1.54, 1.807) is 0 Å². The van der Waals surface area contributed by atoms with Crippen LogP contribution in [0.25, 0.3) is 0 Å². The molecule has 0 spiro atoms. The summed E-state index contributed by atoms with van der Waals surface area (Å²) in [4.78, 5) is 9.44. The second-order valence-electron chi connectivity index (χ2n) is 0.908. The number of carbonyl (C=O) groups excluding carboxylic acids is 1. The normalized spacial score (nSPS) is 4.33. The summed E-state index contributed by atoms with van der Waals surface area (Å²) in [5.74, 6) is 0.167. The van der Waals surface area contributed by atoms with Gasteiger partial charge in [-0.3, -0.25) is 0 Å². The van der Waals surface area contributed by atoms with Crippen LogP contribution in [0.3, 0.4) is 0 Å². The molecule has 0 N–H and O–H groups in total. The Morgan fingerprint density at radius 3 is 1.33 bits per heavy atom. The van der Waals surface area contributed by atoms with E-state index in [1.165, 1.54) is 13.8 Å². The van der Waals surface area contributed by atoms with Gasteiger partial charge in [-0.2, -0.15) is 0 Å². The number of Topliss-reactive ketones (excluding diaryl/α,β-unsaturated/α-hetero) is 1. The second-order valence-corrected chi connectivity index (χ2v) is 0.908. The molecule has 1 nitrogen and oxygen atoms in total. The van der Waals surface area contributed by atoms with Crippen LogP contribution >= 0.6 is 0 Å². The zero-order chi connectivity index (χ0) is 3.58. The van der Waals surface area contributed by atoms with Crippen LogP contribution in [0.1, 0.15) is 13.8 Å². The molecule has 6 heavy (non-hydrogen) atoms. The maximum absolute atomic E-state index is 9.44. The van der Waals surface area contributed by atoms with Crippen molar-refractivity contribution in [1.29, 1.82) is 0 Å².